The lowest BCUT2D eigenvalue weighted by molar-refractivity contribution is -0.119. The molecule has 0 saturated heterocycles. The number of aromatic nitrogens is 3. The molecule has 106 valence electrons. The van der Waals surface area contributed by atoms with Crippen LogP contribution >= 0.6 is 15.9 Å². The zero-order valence-electron chi connectivity index (χ0n) is 11.1. The Hall–Kier alpha value is -1.73. The number of aryl methyl sites for hydroxylation is 1. The fourth-order valence-corrected chi connectivity index (χ4v) is 2.23. The Kier molecular flexibility index (Phi) is 4.86. The highest BCUT2D eigenvalue weighted by molar-refractivity contribution is 9.10. The van der Waals surface area contributed by atoms with E-state index in [1.807, 2.05) is 12.1 Å². The number of nitrogens with zero attached hydrogens (tertiary/aromatic N) is 3. The summed E-state index contributed by atoms with van der Waals surface area (Å²) in [5.74, 6) is -0.211. The molecule has 0 aliphatic carbocycles. The summed E-state index contributed by atoms with van der Waals surface area (Å²) in [6, 6.07) is 6.01. The SMILES string of the molecule is CCc1cc(Br)ccc1-n1cc(CNC(=O)CN)nn1. The average Bonchev–Trinajstić information content (AvgIpc) is 2.93. The molecule has 20 heavy (non-hydrogen) atoms. The first-order chi connectivity index (χ1) is 9.63. The Bertz CT molecular complexity index is 611. The van der Waals surface area contributed by atoms with Gasteiger partial charge in [0.25, 0.3) is 0 Å². The third-order valence-electron chi connectivity index (χ3n) is 2.86. The number of amides is 1. The highest BCUT2D eigenvalue weighted by Gasteiger charge is 2.08. The monoisotopic (exact) mass is 337 g/mol. The lowest BCUT2D eigenvalue weighted by Crippen LogP contribution is -2.29. The Labute approximate surface area is 125 Å². The van der Waals surface area contributed by atoms with Crippen LogP contribution in [0.5, 0.6) is 0 Å². The molecule has 0 atom stereocenters. The summed E-state index contributed by atoms with van der Waals surface area (Å²) in [6.45, 7) is 2.39. The van der Waals surface area contributed by atoms with E-state index in [1.165, 1.54) is 5.56 Å². The van der Waals surface area contributed by atoms with Crippen LogP contribution in [-0.2, 0) is 17.8 Å². The number of carbonyl (C=O) groups excluding carboxylic acids is 1. The van der Waals surface area contributed by atoms with Gasteiger partial charge in [0.2, 0.25) is 5.91 Å². The first kappa shape index (κ1) is 14.7. The van der Waals surface area contributed by atoms with Crippen molar-refractivity contribution in [2.45, 2.75) is 19.9 Å². The van der Waals surface area contributed by atoms with Crippen LogP contribution in [-0.4, -0.2) is 27.4 Å². The minimum Gasteiger partial charge on any atom is -0.349 e. The summed E-state index contributed by atoms with van der Waals surface area (Å²) in [5, 5.41) is 10.8. The molecule has 1 aromatic carbocycles. The topological polar surface area (TPSA) is 85.8 Å². The number of nitrogens with two attached hydrogens (primary N) is 1. The third-order valence-corrected chi connectivity index (χ3v) is 3.36. The van der Waals surface area contributed by atoms with E-state index >= 15 is 0 Å². The first-order valence-corrected chi connectivity index (χ1v) is 7.10. The van der Waals surface area contributed by atoms with Crippen molar-refractivity contribution < 1.29 is 4.79 Å². The number of hydrogen-bond donors (Lipinski definition) is 2. The van der Waals surface area contributed by atoms with Crippen LogP contribution < -0.4 is 11.1 Å². The summed E-state index contributed by atoms with van der Waals surface area (Å²) in [5.41, 5.74) is 8.07. The molecule has 0 saturated carbocycles. The molecule has 0 aliphatic heterocycles. The molecule has 0 fully saturated rings. The second kappa shape index (κ2) is 6.62. The number of nitrogens with one attached hydrogen (secondary N) is 1. The summed E-state index contributed by atoms with van der Waals surface area (Å²) < 4.78 is 2.75. The van der Waals surface area contributed by atoms with Gasteiger partial charge in [-0.1, -0.05) is 28.1 Å². The molecule has 1 aromatic heterocycles. The van der Waals surface area contributed by atoms with E-state index in [-0.39, 0.29) is 12.5 Å². The second-order valence-electron chi connectivity index (χ2n) is 4.26. The van der Waals surface area contributed by atoms with Gasteiger partial charge in [-0.3, -0.25) is 4.79 Å². The van der Waals surface area contributed by atoms with Crippen LogP contribution in [0.3, 0.4) is 0 Å². The molecule has 1 heterocycles. The van der Waals surface area contributed by atoms with E-state index in [2.05, 4.69) is 44.5 Å². The molecule has 3 N–H and O–H groups in total. The van der Waals surface area contributed by atoms with Crippen LogP contribution in [0, 0.1) is 0 Å². The Balaban J connectivity index is 2.18. The van der Waals surface area contributed by atoms with Crippen molar-refractivity contribution in [1.29, 1.82) is 0 Å². The second-order valence-corrected chi connectivity index (χ2v) is 5.18. The molecular weight excluding hydrogens is 322 g/mol. The van der Waals surface area contributed by atoms with Crippen LogP contribution in [0.1, 0.15) is 18.2 Å². The Morgan fingerprint density at radius 3 is 3.00 bits per heavy atom. The largest absolute Gasteiger partial charge is 0.349 e. The van der Waals surface area contributed by atoms with Crippen LogP contribution in [0.4, 0.5) is 0 Å². The summed E-state index contributed by atoms with van der Waals surface area (Å²) in [6.07, 6.45) is 2.70. The molecule has 0 bridgehead atoms. The fraction of sp³-hybridized carbons (Fsp3) is 0.308. The lowest BCUT2D eigenvalue weighted by atomic mass is 10.1. The van der Waals surface area contributed by atoms with Gasteiger partial charge in [0.05, 0.1) is 25.0 Å². The predicted octanol–water partition coefficient (Wildman–Crippen LogP) is 1.17. The standard InChI is InChI=1S/C13H16BrN5O/c1-2-9-5-10(14)3-4-12(9)19-8-11(17-18-19)7-16-13(20)6-15/h3-5,8H,2,6-7,15H2,1H3,(H,16,20). The normalized spacial score (nSPS) is 10.6. The molecule has 0 radical (unpaired) electrons. The van der Waals surface area contributed by atoms with E-state index < -0.39 is 0 Å². The maximum absolute atomic E-state index is 11.1. The Morgan fingerprint density at radius 2 is 2.30 bits per heavy atom. The summed E-state index contributed by atoms with van der Waals surface area (Å²) in [7, 11) is 0. The van der Waals surface area contributed by atoms with Gasteiger partial charge in [-0.25, -0.2) is 4.68 Å². The van der Waals surface area contributed by atoms with Crippen molar-refractivity contribution in [3.8, 4) is 5.69 Å². The number of rotatable bonds is 5. The Morgan fingerprint density at radius 1 is 1.50 bits per heavy atom. The number of benzene rings is 1. The smallest absolute Gasteiger partial charge is 0.234 e. The van der Waals surface area contributed by atoms with Crippen molar-refractivity contribution >= 4 is 21.8 Å². The average molecular weight is 338 g/mol. The molecule has 0 unspecified atom stereocenters. The molecule has 7 heteroatoms. The van der Waals surface area contributed by atoms with Gasteiger partial charge in [0.15, 0.2) is 0 Å². The van der Waals surface area contributed by atoms with E-state index in [4.69, 9.17) is 5.73 Å². The predicted molar refractivity (Wildman–Crippen MR) is 79.3 cm³/mol. The van der Waals surface area contributed by atoms with Crippen molar-refractivity contribution in [3.05, 3.63) is 40.1 Å². The zero-order chi connectivity index (χ0) is 14.5. The van der Waals surface area contributed by atoms with Gasteiger partial charge < -0.3 is 11.1 Å². The fourth-order valence-electron chi connectivity index (χ4n) is 1.82. The van der Waals surface area contributed by atoms with E-state index in [1.54, 1.807) is 10.9 Å². The van der Waals surface area contributed by atoms with E-state index in [9.17, 15) is 4.79 Å². The van der Waals surface area contributed by atoms with Crippen LogP contribution in [0.15, 0.2) is 28.9 Å². The van der Waals surface area contributed by atoms with Gasteiger partial charge in [-0.2, -0.15) is 0 Å². The van der Waals surface area contributed by atoms with Crippen LogP contribution in [0.2, 0.25) is 0 Å². The van der Waals surface area contributed by atoms with Crippen LogP contribution in [0.25, 0.3) is 5.69 Å². The van der Waals surface area contributed by atoms with Gasteiger partial charge in [-0.05, 0) is 30.2 Å². The van der Waals surface area contributed by atoms with E-state index in [0.717, 1.165) is 16.6 Å². The van der Waals surface area contributed by atoms with Gasteiger partial charge in [0.1, 0.15) is 5.69 Å². The molecule has 1 amide bonds. The minimum atomic E-state index is -0.211. The number of halogens is 1. The van der Waals surface area contributed by atoms with E-state index in [0.29, 0.717) is 12.2 Å². The van der Waals surface area contributed by atoms with Crippen molar-refractivity contribution in [3.63, 3.8) is 0 Å². The van der Waals surface area contributed by atoms with Gasteiger partial charge in [-0.15, -0.1) is 5.10 Å². The van der Waals surface area contributed by atoms with Gasteiger partial charge in [0, 0.05) is 4.47 Å². The number of hydrogen-bond acceptors (Lipinski definition) is 4. The van der Waals surface area contributed by atoms with Crippen molar-refractivity contribution in [2.75, 3.05) is 6.54 Å². The lowest BCUT2D eigenvalue weighted by Gasteiger charge is -2.07. The maximum Gasteiger partial charge on any atom is 0.234 e. The minimum absolute atomic E-state index is 0.0270. The summed E-state index contributed by atoms with van der Waals surface area (Å²) >= 11 is 3.46. The first-order valence-electron chi connectivity index (χ1n) is 6.30. The molecule has 6 nitrogen and oxygen atoms in total. The number of carbonyl (C=O) groups is 1. The van der Waals surface area contributed by atoms with Crippen molar-refractivity contribution in [1.82, 2.24) is 20.3 Å². The summed E-state index contributed by atoms with van der Waals surface area (Å²) in [4.78, 5) is 11.1. The molecule has 2 rings (SSSR count). The maximum atomic E-state index is 11.1. The third kappa shape index (κ3) is 3.43. The molecule has 0 aliphatic rings. The highest BCUT2D eigenvalue weighted by Crippen LogP contribution is 2.20. The van der Waals surface area contributed by atoms with Gasteiger partial charge >= 0.3 is 0 Å². The molecule has 0 spiro atoms. The van der Waals surface area contributed by atoms with Crippen molar-refractivity contribution in [2.24, 2.45) is 5.73 Å². The highest BCUT2D eigenvalue weighted by atomic mass is 79.9. The molecule has 2 aromatic rings. The zero-order valence-corrected chi connectivity index (χ0v) is 12.7. The quantitative estimate of drug-likeness (QED) is 0.857. The molecular formula is C13H16BrN5O.